The van der Waals surface area contributed by atoms with Crippen LogP contribution in [0.4, 0.5) is 0 Å². The molecular weight excluding hydrogens is 160 g/mol. The molecule has 0 fully saturated rings. The van der Waals surface area contributed by atoms with Crippen LogP contribution < -0.4 is 0 Å². The summed E-state index contributed by atoms with van der Waals surface area (Å²) in [6.07, 6.45) is 4.75. The molecule has 4 heteroatoms. The van der Waals surface area contributed by atoms with Crippen molar-refractivity contribution in [2.45, 2.75) is 13.8 Å². The summed E-state index contributed by atoms with van der Waals surface area (Å²) in [5, 5.41) is 0. The van der Waals surface area contributed by atoms with Crippen molar-refractivity contribution in [2.24, 2.45) is 0 Å². The molecule has 0 aliphatic carbocycles. The molecule has 0 amide bonds. The second-order valence-electron chi connectivity index (χ2n) is 1.68. The van der Waals surface area contributed by atoms with Crippen LogP contribution in [0.5, 0.6) is 0 Å². The van der Waals surface area contributed by atoms with Gasteiger partial charge in [0.2, 0.25) is 0 Å². The molecule has 0 rings (SSSR count). The van der Waals surface area contributed by atoms with Gasteiger partial charge in [-0.3, -0.25) is 9.59 Å². The smallest absolute Gasteiger partial charge is 0.303 e. The zero-order valence-corrected chi connectivity index (χ0v) is 7.42. The van der Waals surface area contributed by atoms with Crippen LogP contribution in [0.2, 0.25) is 0 Å². The van der Waals surface area contributed by atoms with Gasteiger partial charge in [0.05, 0.1) is 7.11 Å². The van der Waals surface area contributed by atoms with Crippen molar-refractivity contribution in [3.63, 3.8) is 0 Å². The molecule has 0 aromatic rings. The van der Waals surface area contributed by atoms with Gasteiger partial charge in [-0.2, -0.15) is 0 Å². The van der Waals surface area contributed by atoms with E-state index in [0.717, 1.165) is 0 Å². The van der Waals surface area contributed by atoms with Crippen LogP contribution in [0, 0.1) is 12.3 Å². The third-order valence-corrected chi connectivity index (χ3v) is 0.646. The van der Waals surface area contributed by atoms with Gasteiger partial charge in [-0.15, -0.1) is 6.42 Å². The zero-order chi connectivity index (χ0) is 9.98. The van der Waals surface area contributed by atoms with Crippen LogP contribution >= 0.6 is 0 Å². The van der Waals surface area contributed by atoms with Crippen molar-refractivity contribution in [3.05, 3.63) is 0 Å². The van der Waals surface area contributed by atoms with Crippen molar-refractivity contribution in [1.29, 1.82) is 0 Å². The summed E-state index contributed by atoms with van der Waals surface area (Å²) in [6.45, 7) is 2.76. The maximum absolute atomic E-state index is 9.88. The van der Waals surface area contributed by atoms with E-state index < -0.39 is 0 Å². The van der Waals surface area contributed by atoms with Crippen LogP contribution in [-0.4, -0.2) is 25.7 Å². The largest absolute Gasteiger partial charge is 0.469 e. The molecule has 0 bridgehead atoms. The van der Waals surface area contributed by atoms with Crippen molar-refractivity contribution >= 4 is 11.9 Å². The summed E-state index contributed by atoms with van der Waals surface area (Å²) in [5.41, 5.74) is 0. The normalized spacial score (nSPS) is 6.83. The lowest BCUT2D eigenvalue weighted by Crippen LogP contribution is -1.96. The Balaban J connectivity index is 0. The minimum atomic E-state index is -0.335. The SMILES string of the molecule is C#CCOC(C)=O.COC(C)=O. The van der Waals surface area contributed by atoms with Crippen molar-refractivity contribution in [2.75, 3.05) is 13.7 Å². The maximum atomic E-state index is 9.88. The molecule has 0 atom stereocenters. The Bertz CT molecular complexity index is 178. The highest BCUT2D eigenvalue weighted by molar-refractivity contribution is 5.66. The van der Waals surface area contributed by atoms with Crippen molar-refractivity contribution < 1.29 is 19.1 Å². The maximum Gasteiger partial charge on any atom is 0.303 e. The van der Waals surface area contributed by atoms with Gasteiger partial charge >= 0.3 is 11.9 Å². The van der Waals surface area contributed by atoms with E-state index in [1.54, 1.807) is 0 Å². The number of esters is 2. The van der Waals surface area contributed by atoms with Crippen LogP contribution in [0.1, 0.15) is 13.8 Å². The summed E-state index contributed by atoms with van der Waals surface area (Å²) >= 11 is 0. The molecular formula is C8H12O4. The van der Waals surface area contributed by atoms with Gasteiger partial charge in [0.1, 0.15) is 0 Å². The fraction of sp³-hybridized carbons (Fsp3) is 0.500. The van der Waals surface area contributed by atoms with Gasteiger partial charge in [-0.25, -0.2) is 0 Å². The molecule has 12 heavy (non-hydrogen) atoms. The van der Waals surface area contributed by atoms with Crippen LogP contribution in [0.25, 0.3) is 0 Å². The number of hydrogen-bond acceptors (Lipinski definition) is 4. The lowest BCUT2D eigenvalue weighted by molar-refractivity contribution is -0.139. The fourth-order valence-corrected chi connectivity index (χ4v) is 0.143. The average molecular weight is 172 g/mol. The van der Waals surface area contributed by atoms with Gasteiger partial charge in [0, 0.05) is 13.8 Å². The average Bonchev–Trinajstić information content (AvgIpc) is 2.02. The molecule has 0 saturated heterocycles. The van der Waals surface area contributed by atoms with Crippen LogP contribution in [0.3, 0.4) is 0 Å². The van der Waals surface area contributed by atoms with Gasteiger partial charge < -0.3 is 9.47 Å². The molecule has 0 radical (unpaired) electrons. The Morgan fingerprint density at radius 2 is 1.75 bits per heavy atom. The van der Waals surface area contributed by atoms with E-state index in [0.29, 0.717) is 0 Å². The molecule has 0 spiro atoms. The Morgan fingerprint density at radius 1 is 1.33 bits per heavy atom. The van der Waals surface area contributed by atoms with Crippen molar-refractivity contribution in [3.8, 4) is 12.3 Å². The van der Waals surface area contributed by atoms with Crippen LogP contribution in [-0.2, 0) is 19.1 Å². The predicted molar refractivity (Wildman–Crippen MR) is 43.2 cm³/mol. The molecule has 0 aromatic carbocycles. The third-order valence-electron chi connectivity index (χ3n) is 0.646. The highest BCUT2D eigenvalue weighted by Crippen LogP contribution is 1.70. The van der Waals surface area contributed by atoms with Crippen LogP contribution in [0.15, 0.2) is 0 Å². The minimum Gasteiger partial charge on any atom is -0.469 e. The molecule has 0 N–H and O–H groups in total. The number of rotatable bonds is 1. The Labute approximate surface area is 71.8 Å². The predicted octanol–water partition coefficient (Wildman–Crippen LogP) is 0.362. The number of ether oxygens (including phenoxy) is 2. The van der Waals surface area contributed by atoms with E-state index in [-0.39, 0.29) is 18.5 Å². The lowest BCUT2D eigenvalue weighted by atomic mass is 10.7. The highest BCUT2D eigenvalue weighted by atomic mass is 16.5. The van der Waals surface area contributed by atoms with E-state index >= 15 is 0 Å². The molecule has 4 nitrogen and oxygen atoms in total. The minimum absolute atomic E-state index is 0.0787. The first-order chi connectivity index (χ1) is 5.54. The van der Waals surface area contributed by atoms with E-state index in [4.69, 9.17) is 6.42 Å². The molecule has 0 aliphatic rings. The summed E-state index contributed by atoms with van der Waals surface area (Å²) in [7, 11) is 1.35. The van der Waals surface area contributed by atoms with E-state index in [1.165, 1.54) is 21.0 Å². The van der Waals surface area contributed by atoms with Gasteiger partial charge in [-0.05, 0) is 0 Å². The topological polar surface area (TPSA) is 52.6 Å². The standard InChI is InChI=1S/C5H6O2.C3H6O2/c1-3-4-7-5(2)6;1-3(4)5-2/h1H,4H2,2H3;1-2H3. The molecule has 68 valence electrons. The molecule has 0 saturated carbocycles. The van der Waals surface area contributed by atoms with E-state index in [9.17, 15) is 9.59 Å². The third kappa shape index (κ3) is 23.6. The fourth-order valence-electron chi connectivity index (χ4n) is 0.143. The number of terminal acetylenes is 1. The summed E-state index contributed by atoms with van der Waals surface area (Å²) in [6, 6.07) is 0. The number of hydrogen-bond donors (Lipinski definition) is 0. The van der Waals surface area contributed by atoms with Crippen molar-refractivity contribution in [1.82, 2.24) is 0 Å². The number of carbonyl (C=O) groups excluding carboxylic acids is 2. The first-order valence-corrected chi connectivity index (χ1v) is 3.16. The van der Waals surface area contributed by atoms with Gasteiger partial charge in [-0.1, -0.05) is 5.92 Å². The number of methoxy groups -OCH3 is 1. The Morgan fingerprint density at radius 3 is 1.83 bits per heavy atom. The summed E-state index contributed by atoms with van der Waals surface area (Å²) in [4.78, 5) is 19.5. The second kappa shape index (κ2) is 9.50. The first kappa shape index (κ1) is 13.1. The Kier molecular flexibility index (Phi) is 10.4. The molecule has 0 aliphatic heterocycles. The molecule has 0 heterocycles. The van der Waals surface area contributed by atoms with Gasteiger partial charge in [0.15, 0.2) is 6.61 Å². The summed E-state index contributed by atoms with van der Waals surface area (Å²) < 4.78 is 8.43. The lowest BCUT2D eigenvalue weighted by Gasteiger charge is -1.89. The molecule has 0 unspecified atom stereocenters. The second-order valence-corrected chi connectivity index (χ2v) is 1.68. The van der Waals surface area contributed by atoms with E-state index in [1.807, 2.05) is 0 Å². The molecule has 0 aromatic heterocycles. The first-order valence-electron chi connectivity index (χ1n) is 3.16. The highest BCUT2D eigenvalue weighted by Gasteiger charge is 1.83. The number of carbonyl (C=O) groups is 2. The monoisotopic (exact) mass is 172 g/mol. The zero-order valence-electron chi connectivity index (χ0n) is 7.42. The van der Waals surface area contributed by atoms with Gasteiger partial charge in [0.25, 0.3) is 0 Å². The quantitative estimate of drug-likeness (QED) is 0.423. The summed E-state index contributed by atoms with van der Waals surface area (Å²) in [5.74, 6) is 1.58. The van der Waals surface area contributed by atoms with E-state index in [2.05, 4.69) is 15.4 Å². The Hall–Kier alpha value is -1.50.